The molecule has 0 unspecified atom stereocenters. The fourth-order valence-electron chi connectivity index (χ4n) is 3.21. The fourth-order valence-corrected chi connectivity index (χ4v) is 3.47. The van der Waals surface area contributed by atoms with Gasteiger partial charge in [0.05, 0.1) is 5.69 Å². The molecule has 3 aromatic carbocycles. The molecule has 1 N–H and O–H groups in total. The Labute approximate surface area is 188 Å². The highest BCUT2D eigenvalue weighted by molar-refractivity contribution is 9.10. The van der Waals surface area contributed by atoms with Crippen LogP contribution in [0.15, 0.2) is 81.7 Å². The molecule has 4 aromatic rings. The SMILES string of the molecule is CCc1ccc(OCC(=O)Nc2c(C(=O)c3ccc(Br)cc3)oc3ccccc23)cc1. The first-order chi connectivity index (χ1) is 15.0. The number of rotatable bonds is 7. The molecule has 156 valence electrons. The van der Waals surface area contributed by atoms with Gasteiger partial charge in [0.1, 0.15) is 11.3 Å². The number of ketones is 1. The van der Waals surface area contributed by atoms with Crippen LogP contribution >= 0.6 is 15.9 Å². The molecule has 0 atom stereocenters. The molecule has 4 rings (SSSR count). The summed E-state index contributed by atoms with van der Waals surface area (Å²) in [6, 6.07) is 21.8. The van der Waals surface area contributed by atoms with E-state index in [0.29, 0.717) is 28.0 Å². The maximum Gasteiger partial charge on any atom is 0.262 e. The average molecular weight is 478 g/mol. The van der Waals surface area contributed by atoms with E-state index < -0.39 is 0 Å². The largest absolute Gasteiger partial charge is 0.484 e. The summed E-state index contributed by atoms with van der Waals surface area (Å²) in [5.41, 5.74) is 2.52. The molecule has 0 spiro atoms. The van der Waals surface area contributed by atoms with Gasteiger partial charge in [-0.3, -0.25) is 9.59 Å². The van der Waals surface area contributed by atoms with Gasteiger partial charge in [0.25, 0.3) is 5.91 Å². The number of carbonyl (C=O) groups is 2. The van der Waals surface area contributed by atoms with Crippen LogP contribution in [0.3, 0.4) is 0 Å². The van der Waals surface area contributed by atoms with Gasteiger partial charge in [-0.25, -0.2) is 0 Å². The lowest BCUT2D eigenvalue weighted by atomic mass is 10.1. The zero-order valence-corrected chi connectivity index (χ0v) is 18.4. The highest BCUT2D eigenvalue weighted by atomic mass is 79.9. The number of halogens is 1. The van der Waals surface area contributed by atoms with Crippen molar-refractivity contribution >= 4 is 44.3 Å². The normalized spacial score (nSPS) is 10.8. The summed E-state index contributed by atoms with van der Waals surface area (Å²) in [5, 5.41) is 3.46. The number of furan rings is 1. The van der Waals surface area contributed by atoms with Gasteiger partial charge in [0.2, 0.25) is 5.78 Å². The third kappa shape index (κ3) is 4.70. The summed E-state index contributed by atoms with van der Waals surface area (Å²) >= 11 is 3.36. The van der Waals surface area contributed by atoms with Gasteiger partial charge in [-0.15, -0.1) is 0 Å². The van der Waals surface area contributed by atoms with Crippen molar-refractivity contribution in [1.29, 1.82) is 0 Å². The van der Waals surface area contributed by atoms with E-state index in [1.54, 1.807) is 36.4 Å². The van der Waals surface area contributed by atoms with E-state index in [-0.39, 0.29) is 24.1 Å². The minimum absolute atomic E-state index is 0.0872. The highest BCUT2D eigenvalue weighted by Crippen LogP contribution is 2.32. The molecule has 31 heavy (non-hydrogen) atoms. The predicted molar refractivity (Wildman–Crippen MR) is 124 cm³/mol. The number of ether oxygens (including phenoxy) is 1. The molecule has 0 bridgehead atoms. The Balaban J connectivity index is 1.57. The Morgan fingerprint density at radius 2 is 1.68 bits per heavy atom. The fraction of sp³-hybridized carbons (Fsp3) is 0.120. The molecule has 1 aromatic heterocycles. The minimum atomic E-state index is -0.379. The summed E-state index contributed by atoms with van der Waals surface area (Å²) in [6.45, 7) is 1.89. The van der Waals surface area contributed by atoms with Crippen LogP contribution in [-0.4, -0.2) is 18.3 Å². The van der Waals surface area contributed by atoms with E-state index in [1.165, 1.54) is 5.56 Å². The first kappa shape index (κ1) is 20.9. The minimum Gasteiger partial charge on any atom is -0.484 e. The molecule has 5 nitrogen and oxygen atoms in total. The first-order valence-electron chi connectivity index (χ1n) is 9.88. The molecule has 6 heteroatoms. The summed E-state index contributed by atoms with van der Waals surface area (Å²) in [6.07, 6.45) is 0.934. The second-order valence-electron chi connectivity index (χ2n) is 6.97. The number of fused-ring (bicyclic) bond motifs is 1. The zero-order chi connectivity index (χ0) is 21.8. The lowest BCUT2D eigenvalue weighted by Crippen LogP contribution is -2.21. The summed E-state index contributed by atoms with van der Waals surface area (Å²) in [5.74, 6) is 0.00536. The van der Waals surface area contributed by atoms with E-state index in [1.807, 2.05) is 36.4 Å². The summed E-state index contributed by atoms with van der Waals surface area (Å²) < 4.78 is 12.3. The number of nitrogens with one attached hydrogen (secondary N) is 1. The van der Waals surface area contributed by atoms with Gasteiger partial charge in [0, 0.05) is 15.4 Å². The summed E-state index contributed by atoms with van der Waals surface area (Å²) in [4.78, 5) is 25.7. The Morgan fingerprint density at radius 3 is 2.39 bits per heavy atom. The van der Waals surface area contributed by atoms with Gasteiger partial charge in [0.15, 0.2) is 12.4 Å². The molecular formula is C25H20BrNO4. The Bertz CT molecular complexity index is 1230. The second kappa shape index (κ2) is 9.18. The number of benzene rings is 3. The Kier molecular flexibility index (Phi) is 6.18. The molecule has 1 amide bonds. The summed E-state index contributed by atoms with van der Waals surface area (Å²) in [7, 11) is 0. The maximum atomic E-state index is 13.1. The van der Waals surface area contributed by atoms with Crippen LogP contribution in [0.5, 0.6) is 5.75 Å². The van der Waals surface area contributed by atoms with E-state index in [9.17, 15) is 9.59 Å². The number of hydrogen-bond acceptors (Lipinski definition) is 4. The lowest BCUT2D eigenvalue weighted by Gasteiger charge is -2.08. The molecule has 0 fully saturated rings. The third-order valence-electron chi connectivity index (χ3n) is 4.87. The van der Waals surface area contributed by atoms with Crippen molar-refractivity contribution in [3.05, 3.63) is 94.2 Å². The quantitative estimate of drug-likeness (QED) is 0.331. The van der Waals surface area contributed by atoms with Crippen LogP contribution in [0.4, 0.5) is 5.69 Å². The average Bonchev–Trinajstić information content (AvgIpc) is 3.16. The van der Waals surface area contributed by atoms with Crippen molar-refractivity contribution in [3.8, 4) is 5.75 Å². The molecule has 1 heterocycles. The standard InChI is InChI=1S/C25H20BrNO4/c1-2-16-7-13-19(14-8-16)30-15-22(28)27-23-20-5-3-4-6-21(20)31-25(23)24(29)17-9-11-18(26)12-10-17/h3-14H,2,15H2,1H3,(H,27,28). The predicted octanol–water partition coefficient (Wildman–Crippen LogP) is 6.01. The Hall–Kier alpha value is -3.38. The van der Waals surface area contributed by atoms with Crippen LogP contribution in [0.1, 0.15) is 28.6 Å². The van der Waals surface area contributed by atoms with Crippen molar-refractivity contribution in [2.24, 2.45) is 0 Å². The number of amides is 1. The van der Waals surface area contributed by atoms with E-state index in [2.05, 4.69) is 28.2 Å². The van der Waals surface area contributed by atoms with Crippen molar-refractivity contribution in [2.75, 3.05) is 11.9 Å². The molecule has 0 saturated carbocycles. The number of para-hydroxylation sites is 1. The van der Waals surface area contributed by atoms with Crippen LogP contribution in [0.2, 0.25) is 0 Å². The van der Waals surface area contributed by atoms with Crippen molar-refractivity contribution in [2.45, 2.75) is 13.3 Å². The zero-order valence-electron chi connectivity index (χ0n) is 16.9. The molecule has 0 aliphatic carbocycles. The van der Waals surface area contributed by atoms with Crippen molar-refractivity contribution in [3.63, 3.8) is 0 Å². The molecular weight excluding hydrogens is 458 g/mol. The molecule has 0 aliphatic heterocycles. The van der Waals surface area contributed by atoms with Crippen LogP contribution in [0, 0.1) is 0 Å². The van der Waals surface area contributed by atoms with Crippen LogP contribution in [-0.2, 0) is 11.2 Å². The number of hydrogen-bond donors (Lipinski definition) is 1. The number of carbonyl (C=O) groups excluding carboxylic acids is 2. The van der Waals surface area contributed by atoms with E-state index >= 15 is 0 Å². The van der Waals surface area contributed by atoms with Crippen molar-refractivity contribution < 1.29 is 18.7 Å². The van der Waals surface area contributed by atoms with E-state index in [0.717, 1.165) is 10.9 Å². The number of aryl methyl sites for hydroxylation is 1. The van der Waals surface area contributed by atoms with Gasteiger partial charge in [-0.2, -0.15) is 0 Å². The van der Waals surface area contributed by atoms with Gasteiger partial charge in [-0.1, -0.05) is 47.1 Å². The second-order valence-corrected chi connectivity index (χ2v) is 7.89. The van der Waals surface area contributed by atoms with E-state index in [4.69, 9.17) is 9.15 Å². The molecule has 0 saturated heterocycles. The molecule has 0 radical (unpaired) electrons. The highest BCUT2D eigenvalue weighted by Gasteiger charge is 2.23. The van der Waals surface area contributed by atoms with Crippen LogP contribution < -0.4 is 10.1 Å². The Morgan fingerprint density at radius 1 is 0.968 bits per heavy atom. The van der Waals surface area contributed by atoms with Crippen LogP contribution in [0.25, 0.3) is 11.0 Å². The smallest absolute Gasteiger partial charge is 0.262 e. The van der Waals surface area contributed by atoms with Crippen molar-refractivity contribution in [1.82, 2.24) is 0 Å². The van der Waals surface area contributed by atoms with Gasteiger partial charge in [-0.05, 0) is 60.5 Å². The topological polar surface area (TPSA) is 68.5 Å². The number of anilines is 1. The van der Waals surface area contributed by atoms with Gasteiger partial charge >= 0.3 is 0 Å². The van der Waals surface area contributed by atoms with Gasteiger partial charge < -0.3 is 14.5 Å². The maximum absolute atomic E-state index is 13.1. The lowest BCUT2D eigenvalue weighted by molar-refractivity contribution is -0.118. The molecule has 0 aliphatic rings. The third-order valence-corrected chi connectivity index (χ3v) is 5.40. The first-order valence-corrected chi connectivity index (χ1v) is 10.7. The monoisotopic (exact) mass is 477 g/mol.